The lowest BCUT2D eigenvalue weighted by atomic mass is 9.43. The minimum Gasteiger partial charge on any atom is -0.393 e. The lowest BCUT2D eigenvalue weighted by Gasteiger charge is -2.62. The Labute approximate surface area is 163 Å². The largest absolute Gasteiger partial charge is 0.393 e. The van der Waals surface area contributed by atoms with Gasteiger partial charge in [-0.15, -0.1) is 6.42 Å². The molecule has 0 aliphatic heterocycles. The van der Waals surface area contributed by atoms with E-state index in [1.54, 1.807) is 0 Å². The number of rotatable bonds is 0. The van der Waals surface area contributed by atoms with Crippen molar-refractivity contribution in [3.05, 3.63) is 0 Å². The van der Waals surface area contributed by atoms with E-state index in [1.807, 2.05) is 6.92 Å². The summed E-state index contributed by atoms with van der Waals surface area (Å²) < 4.78 is 0. The average molecular weight is 425 g/mol. The van der Waals surface area contributed by atoms with Crippen molar-refractivity contribution < 1.29 is 20.1 Å². The Balaban J connectivity index is 1.77. The maximum atomic E-state index is 12.7. The van der Waals surface area contributed by atoms with Crippen LogP contribution in [0.4, 0.5) is 0 Å². The van der Waals surface area contributed by atoms with Gasteiger partial charge in [0.1, 0.15) is 6.10 Å². The molecular formula is C21H29BrO4. The molecule has 5 unspecified atom stereocenters. The summed E-state index contributed by atoms with van der Waals surface area (Å²) in [7, 11) is 0. The highest BCUT2D eigenvalue weighted by atomic mass is 79.9. The third kappa shape index (κ3) is 2.11. The summed E-state index contributed by atoms with van der Waals surface area (Å²) in [5.41, 5.74) is -2.71. The Bertz CT molecular complexity index is 673. The lowest BCUT2D eigenvalue weighted by Crippen LogP contribution is -2.61. The van der Waals surface area contributed by atoms with E-state index in [0.717, 1.165) is 25.7 Å². The number of carbonyl (C=O) groups excluding carboxylic acids is 1. The zero-order valence-corrected chi connectivity index (χ0v) is 17.1. The minimum absolute atomic E-state index is 0.106. The van der Waals surface area contributed by atoms with Crippen molar-refractivity contribution >= 4 is 21.7 Å². The van der Waals surface area contributed by atoms with E-state index in [9.17, 15) is 20.1 Å². The first-order valence-electron chi connectivity index (χ1n) is 9.85. The van der Waals surface area contributed by atoms with Crippen LogP contribution in [0.1, 0.15) is 52.4 Å². The number of aliphatic hydroxyl groups excluding tert-OH is 2. The first-order valence-corrected chi connectivity index (χ1v) is 10.8. The number of alkyl halides is 1. The van der Waals surface area contributed by atoms with E-state index < -0.39 is 34.9 Å². The van der Waals surface area contributed by atoms with Gasteiger partial charge in [0.05, 0.1) is 6.10 Å². The number of terminal acetylenes is 1. The summed E-state index contributed by atoms with van der Waals surface area (Å²) >= 11 is 3.76. The maximum absolute atomic E-state index is 12.7. The van der Waals surface area contributed by atoms with Gasteiger partial charge >= 0.3 is 0 Å². The third-order valence-electron chi connectivity index (χ3n) is 8.88. The second-order valence-electron chi connectivity index (χ2n) is 9.71. The maximum Gasteiger partial charge on any atom is 0.206 e. The molecule has 3 N–H and O–H groups in total. The van der Waals surface area contributed by atoms with Crippen LogP contribution in [-0.2, 0) is 4.79 Å². The Hall–Kier alpha value is -0.410. The highest BCUT2D eigenvalue weighted by molar-refractivity contribution is 9.09. The van der Waals surface area contributed by atoms with Crippen LogP contribution in [0.2, 0.25) is 0 Å². The fourth-order valence-electron chi connectivity index (χ4n) is 7.31. The normalized spacial score (nSPS) is 59.1. The van der Waals surface area contributed by atoms with Crippen molar-refractivity contribution in [2.24, 2.45) is 34.5 Å². The van der Waals surface area contributed by atoms with Crippen molar-refractivity contribution in [1.82, 2.24) is 0 Å². The smallest absolute Gasteiger partial charge is 0.206 e. The summed E-state index contributed by atoms with van der Waals surface area (Å²) in [5.74, 6) is 1.66. The Kier molecular flexibility index (Phi) is 4.22. The first kappa shape index (κ1) is 18.9. The molecule has 0 aromatic rings. The van der Waals surface area contributed by atoms with Gasteiger partial charge < -0.3 is 15.3 Å². The molecule has 0 aromatic carbocycles. The molecule has 4 aliphatic carbocycles. The molecule has 0 amide bonds. The molecular weight excluding hydrogens is 396 g/mol. The average Bonchev–Trinajstić information content (AvgIpc) is 2.75. The van der Waals surface area contributed by atoms with E-state index in [2.05, 4.69) is 28.8 Å². The highest BCUT2D eigenvalue weighted by Crippen LogP contribution is 2.67. The second kappa shape index (κ2) is 5.80. The summed E-state index contributed by atoms with van der Waals surface area (Å²) in [6.07, 6.45) is 9.11. The Morgan fingerprint density at radius 1 is 1.19 bits per heavy atom. The molecule has 26 heavy (non-hydrogen) atoms. The van der Waals surface area contributed by atoms with Gasteiger partial charge in [-0.05, 0) is 61.7 Å². The van der Waals surface area contributed by atoms with E-state index >= 15 is 0 Å². The molecule has 0 saturated heterocycles. The predicted molar refractivity (Wildman–Crippen MR) is 101 cm³/mol. The second-order valence-corrected chi connectivity index (χ2v) is 11.0. The van der Waals surface area contributed by atoms with Gasteiger partial charge in [0.25, 0.3) is 0 Å². The summed E-state index contributed by atoms with van der Waals surface area (Å²) in [5, 5.41) is 32.8. The van der Waals surface area contributed by atoms with Gasteiger partial charge in [-0.25, -0.2) is 0 Å². The quantitative estimate of drug-likeness (QED) is 0.411. The van der Waals surface area contributed by atoms with Gasteiger partial charge in [0, 0.05) is 16.2 Å². The Morgan fingerprint density at radius 2 is 1.88 bits per heavy atom. The molecule has 4 saturated carbocycles. The van der Waals surface area contributed by atoms with Crippen molar-refractivity contribution in [1.29, 1.82) is 0 Å². The van der Waals surface area contributed by atoms with Crippen molar-refractivity contribution in [3.8, 4) is 12.3 Å². The molecule has 4 rings (SSSR count). The number of halogens is 1. The van der Waals surface area contributed by atoms with E-state index in [4.69, 9.17) is 6.42 Å². The van der Waals surface area contributed by atoms with Crippen LogP contribution in [0.15, 0.2) is 0 Å². The number of aliphatic hydroxyl groups is 3. The molecule has 144 valence electrons. The van der Waals surface area contributed by atoms with Gasteiger partial charge in [0.15, 0.2) is 5.60 Å². The van der Waals surface area contributed by atoms with Gasteiger partial charge in [-0.3, -0.25) is 4.79 Å². The van der Waals surface area contributed by atoms with Gasteiger partial charge in [-0.2, -0.15) is 0 Å². The van der Waals surface area contributed by atoms with E-state index in [0.29, 0.717) is 23.6 Å². The van der Waals surface area contributed by atoms with Crippen molar-refractivity contribution in [2.75, 3.05) is 0 Å². The molecule has 0 radical (unpaired) electrons. The molecule has 4 nitrogen and oxygen atoms in total. The predicted octanol–water partition coefficient (Wildman–Crippen LogP) is 2.28. The summed E-state index contributed by atoms with van der Waals surface area (Å²) in [6, 6.07) is 0. The van der Waals surface area contributed by atoms with Gasteiger partial charge in [-0.1, -0.05) is 35.7 Å². The minimum atomic E-state index is -1.94. The van der Waals surface area contributed by atoms with Crippen LogP contribution in [0.3, 0.4) is 0 Å². The van der Waals surface area contributed by atoms with Crippen LogP contribution in [0, 0.1) is 46.8 Å². The van der Waals surface area contributed by atoms with Crippen LogP contribution in [-0.4, -0.2) is 43.7 Å². The molecule has 5 heteroatoms. The molecule has 0 spiro atoms. The number of hydrogen-bond acceptors (Lipinski definition) is 4. The zero-order valence-electron chi connectivity index (χ0n) is 15.5. The highest BCUT2D eigenvalue weighted by Gasteiger charge is 2.72. The molecule has 4 fully saturated rings. The molecule has 0 aromatic heterocycles. The number of Topliss-reactive ketones (excluding diaryl/α,β-unsaturated/α-hetero) is 1. The Morgan fingerprint density at radius 3 is 2.54 bits per heavy atom. The monoisotopic (exact) mass is 424 g/mol. The number of hydrogen-bond donors (Lipinski definition) is 3. The van der Waals surface area contributed by atoms with Gasteiger partial charge in [0.2, 0.25) is 5.78 Å². The fraction of sp³-hybridized carbons (Fsp3) is 0.857. The topological polar surface area (TPSA) is 77.8 Å². The van der Waals surface area contributed by atoms with Crippen LogP contribution < -0.4 is 0 Å². The van der Waals surface area contributed by atoms with Crippen LogP contribution in [0.5, 0.6) is 0 Å². The first-order chi connectivity index (χ1) is 12.1. The fourth-order valence-corrected chi connectivity index (χ4v) is 7.99. The van der Waals surface area contributed by atoms with Crippen molar-refractivity contribution in [2.45, 2.75) is 75.0 Å². The number of ketones is 1. The lowest BCUT2D eigenvalue weighted by molar-refractivity contribution is -0.185. The van der Waals surface area contributed by atoms with E-state index in [-0.39, 0.29) is 17.3 Å². The van der Waals surface area contributed by atoms with Crippen LogP contribution >= 0.6 is 15.9 Å². The SMILES string of the molecule is C#C[C@]1(O)C(=O)C(O)C2C3C(O)C[C@@H]4C[C@@H](Br)CC[C@]4(C)C3CC[C@@]21C. The number of carbonyl (C=O) groups is 1. The summed E-state index contributed by atoms with van der Waals surface area (Å²) in [6.45, 7) is 4.16. The number of fused-ring (bicyclic) bond motifs is 5. The third-order valence-corrected chi connectivity index (χ3v) is 9.71. The molecule has 10 atom stereocenters. The van der Waals surface area contributed by atoms with Crippen LogP contribution in [0.25, 0.3) is 0 Å². The molecule has 0 bridgehead atoms. The van der Waals surface area contributed by atoms with E-state index in [1.165, 1.54) is 0 Å². The molecule has 4 aliphatic rings. The molecule has 0 heterocycles. The zero-order chi connectivity index (χ0) is 19.1. The summed E-state index contributed by atoms with van der Waals surface area (Å²) in [4.78, 5) is 13.2. The standard InChI is InChI=1S/C21H29BrO4/c1-4-21(26)18(25)17(24)16-15-13(6-8-20(16,21)3)19(2)7-5-12(22)9-11(19)10-14(15)23/h1,11-17,23-24,26H,5-10H2,2-3H3/t11-,12-,13?,14?,15?,16?,17?,19-,20-,21-/m0/s1. The van der Waals surface area contributed by atoms with Crippen molar-refractivity contribution in [3.63, 3.8) is 0 Å².